The second kappa shape index (κ2) is 3.69. The van der Waals surface area contributed by atoms with Gasteiger partial charge in [0.2, 0.25) is 0 Å². The number of alkyl halides is 1. The molecule has 4 atom stereocenters. The zero-order valence-corrected chi connectivity index (χ0v) is 6.61. The molecule has 0 aromatic carbocycles. The molecule has 1 rings (SSSR count). The van der Waals surface area contributed by atoms with E-state index in [4.69, 9.17) is 31.7 Å². The second-order valence-corrected chi connectivity index (χ2v) is 2.91. The average molecular weight is 183 g/mol. The van der Waals surface area contributed by atoms with Gasteiger partial charge in [0, 0.05) is 12.3 Å². The topological polar surface area (TPSA) is 69.9 Å². The van der Waals surface area contributed by atoms with Crippen LogP contribution in [0.2, 0.25) is 0 Å². The predicted octanol–water partition coefficient (Wildman–Crippen LogP) is -0.946. The van der Waals surface area contributed by atoms with Crippen molar-refractivity contribution in [3.05, 3.63) is 0 Å². The van der Waals surface area contributed by atoms with Crippen LogP contribution in [-0.4, -0.2) is 45.8 Å². The molecule has 1 fully saturated rings. The van der Waals surface area contributed by atoms with Crippen LogP contribution in [0.3, 0.4) is 0 Å². The molecule has 1 aliphatic rings. The maximum absolute atomic E-state index is 9.10. The number of rotatable bonds is 1. The molecule has 11 heavy (non-hydrogen) atoms. The van der Waals surface area contributed by atoms with Crippen LogP contribution in [0, 0.1) is 0 Å². The highest BCUT2D eigenvalue weighted by Crippen LogP contribution is 2.19. The molecule has 1 saturated heterocycles. The van der Waals surface area contributed by atoms with E-state index < -0.39 is 18.5 Å². The molecule has 0 aromatic rings. The summed E-state index contributed by atoms with van der Waals surface area (Å²) in [6, 6.07) is 0. The van der Waals surface area contributed by atoms with E-state index in [1.54, 1.807) is 0 Å². The summed E-state index contributed by atoms with van der Waals surface area (Å²) in [4.78, 5) is 0. The molecule has 4 unspecified atom stereocenters. The fraction of sp³-hybridized carbons (Fsp3) is 1.00. The van der Waals surface area contributed by atoms with E-state index >= 15 is 0 Å². The summed E-state index contributed by atoms with van der Waals surface area (Å²) in [5.41, 5.74) is 0. The third-order valence-electron chi connectivity index (χ3n) is 1.69. The largest absolute Gasteiger partial charge is 0.390 e. The molecule has 1 aliphatic heterocycles. The van der Waals surface area contributed by atoms with Gasteiger partial charge < -0.3 is 20.1 Å². The van der Waals surface area contributed by atoms with Crippen LogP contribution in [0.4, 0.5) is 0 Å². The quantitative estimate of drug-likeness (QED) is 0.458. The monoisotopic (exact) mass is 182 g/mol. The normalized spacial score (nSPS) is 45.8. The highest BCUT2D eigenvalue weighted by atomic mass is 35.5. The van der Waals surface area contributed by atoms with Gasteiger partial charge in [-0.15, -0.1) is 11.6 Å². The molecule has 0 saturated carbocycles. The zero-order chi connectivity index (χ0) is 8.43. The first-order valence-electron chi connectivity index (χ1n) is 3.40. The first-order valence-corrected chi connectivity index (χ1v) is 3.94. The van der Waals surface area contributed by atoms with Crippen molar-refractivity contribution in [1.82, 2.24) is 0 Å². The van der Waals surface area contributed by atoms with Crippen LogP contribution in [0.5, 0.6) is 0 Å². The molecule has 0 bridgehead atoms. The summed E-state index contributed by atoms with van der Waals surface area (Å²) in [5.74, 6) is 0.209. The Balaban J connectivity index is 2.47. The molecule has 3 N–H and O–H groups in total. The fourth-order valence-corrected chi connectivity index (χ4v) is 1.23. The van der Waals surface area contributed by atoms with Gasteiger partial charge in [-0.1, -0.05) is 0 Å². The Kier molecular flexibility index (Phi) is 3.09. The molecular formula is C6H11ClO4. The van der Waals surface area contributed by atoms with Gasteiger partial charge in [0.15, 0.2) is 6.29 Å². The second-order valence-electron chi connectivity index (χ2n) is 2.60. The lowest BCUT2D eigenvalue weighted by Gasteiger charge is -2.33. The minimum absolute atomic E-state index is 0.209. The molecular weight excluding hydrogens is 172 g/mol. The lowest BCUT2D eigenvalue weighted by Crippen LogP contribution is -2.48. The van der Waals surface area contributed by atoms with Gasteiger partial charge in [-0.05, 0) is 0 Å². The van der Waals surface area contributed by atoms with E-state index in [1.807, 2.05) is 0 Å². The van der Waals surface area contributed by atoms with Crippen molar-refractivity contribution in [3.8, 4) is 0 Å². The molecule has 1 heterocycles. The highest BCUT2D eigenvalue weighted by Gasteiger charge is 2.34. The molecule has 0 radical (unpaired) electrons. The molecule has 4 nitrogen and oxygen atoms in total. The van der Waals surface area contributed by atoms with E-state index in [9.17, 15) is 0 Å². The first-order chi connectivity index (χ1) is 5.15. The number of hydrogen-bond donors (Lipinski definition) is 3. The Labute approximate surface area is 69.4 Å². The summed E-state index contributed by atoms with van der Waals surface area (Å²) in [7, 11) is 0. The maximum Gasteiger partial charge on any atom is 0.183 e. The van der Waals surface area contributed by atoms with Gasteiger partial charge >= 0.3 is 0 Å². The van der Waals surface area contributed by atoms with Crippen LogP contribution < -0.4 is 0 Å². The van der Waals surface area contributed by atoms with Gasteiger partial charge in [-0.3, -0.25) is 0 Å². The minimum atomic E-state index is -1.32. The van der Waals surface area contributed by atoms with Crippen LogP contribution in [0.1, 0.15) is 6.42 Å². The standard InChI is InChI=1S/C6H11ClO4/c7-2-3-1-4(8)5(9)6(10)11-3/h3-6,8-10H,1-2H2. The van der Waals surface area contributed by atoms with E-state index in [-0.39, 0.29) is 18.4 Å². The smallest absolute Gasteiger partial charge is 0.183 e. The molecule has 0 spiro atoms. The third kappa shape index (κ3) is 2.04. The number of hydrogen-bond acceptors (Lipinski definition) is 4. The molecule has 5 heteroatoms. The van der Waals surface area contributed by atoms with Crippen molar-refractivity contribution in [3.63, 3.8) is 0 Å². The zero-order valence-electron chi connectivity index (χ0n) is 5.85. The lowest BCUT2D eigenvalue weighted by atomic mass is 10.0. The lowest BCUT2D eigenvalue weighted by molar-refractivity contribution is -0.242. The number of halogens is 1. The van der Waals surface area contributed by atoms with Crippen molar-refractivity contribution in [1.29, 1.82) is 0 Å². The Morgan fingerprint density at radius 2 is 2.00 bits per heavy atom. The third-order valence-corrected chi connectivity index (χ3v) is 2.04. The Morgan fingerprint density at radius 3 is 2.45 bits per heavy atom. The molecule has 0 aliphatic carbocycles. The van der Waals surface area contributed by atoms with Crippen LogP contribution in [-0.2, 0) is 4.74 Å². The fourth-order valence-electron chi connectivity index (χ4n) is 1.03. The summed E-state index contributed by atoms with van der Waals surface area (Å²) in [5, 5.41) is 27.1. The van der Waals surface area contributed by atoms with Crippen molar-refractivity contribution >= 4 is 11.6 Å². The van der Waals surface area contributed by atoms with Crippen LogP contribution in [0.15, 0.2) is 0 Å². The number of ether oxygens (including phenoxy) is 1. The van der Waals surface area contributed by atoms with E-state index in [1.165, 1.54) is 0 Å². The van der Waals surface area contributed by atoms with Gasteiger partial charge in [-0.2, -0.15) is 0 Å². The Hall–Kier alpha value is 0.130. The maximum atomic E-state index is 9.10. The predicted molar refractivity (Wildman–Crippen MR) is 38.2 cm³/mol. The summed E-state index contributed by atoms with van der Waals surface area (Å²) in [6.07, 6.45) is -3.58. The Bertz CT molecular complexity index is 120. The molecule has 0 aromatic heterocycles. The first kappa shape index (κ1) is 9.22. The van der Waals surface area contributed by atoms with Gasteiger partial charge in [0.1, 0.15) is 6.10 Å². The van der Waals surface area contributed by atoms with Crippen molar-refractivity contribution in [2.45, 2.75) is 31.0 Å². The highest BCUT2D eigenvalue weighted by molar-refractivity contribution is 6.18. The van der Waals surface area contributed by atoms with Gasteiger partial charge in [0.25, 0.3) is 0 Å². The summed E-state index contributed by atoms with van der Waals surface area (Å²) >= 11 is 5.43. The SMILES string of the molecule is OC1CC(CCl)OC(O)C1O. The van der Waals surface area contributed by atoms with E-state index in [0.29, 0.717) is 0 Å². The average Bonchev–Trinajstić information content (AvgIpc) is 1.99. The minimum Gasteiger partial charge on any atom is -0.390 e. The summed E-state index contributed by atoms with van der Waals surface area (Å²) in [6.45, 7) is 0. The van der Waals surface area contributed by atoms with Gasteiger partial charge in [0.05, 0.1) is 12.2 Å². The molecule has 0 amide bonds. The number of aliphatic hydroxyl groups excluding tert-OH is 3. The van der Waals surface area contributed by atoms with Crippen molar-refractivity contribution in [2.75, 3.05) is 5.88 Å². The van der Waals surface area contributed by atoms with E-state index in [2.05, 4.69) is 0 Å². The summed E-state index contributed by atoms with van der Waals surface area (Å²) < 4.78 is 4.83. The van der Waals surface area contributed by atoms with Crippen LogP contribution in [0.25, 0.3) is 0 Å². The van der Waals surface area contributed by atoms with Crippen molar-refractivity contribution < 1.29 is 20.1 Å². The van der Waals surface area contributed by atoms with E-state index in [0.717, 1.165) is 0 Å². The van der Waals surface area contributed by atoms with Crippen molar-refractivity contribution in [2.24, 2.45) is 0 Å². The molecule has 66 valence electrons. The Morgan fingerprint density at radius 1 is 1.36 bits per heavy atom. The van der Waals surface area contributed by atoms with Crippen LogP contribution >= 0.6 is 11.6 Å². The van der Waals surface area contributed by atoms with Gasteiger partial charge in [-0.25, -0.2) is 0 Å². The number of aliphatic hydroxyl groups is 3.